The van der Waals surface area contributed by atoms with Crippen LogP contribution in [0.4, 0.5) is 0 Å². The van der Waals surface area contributed by atoms with Gasteiger partial charge in [-0.25, -0.2) is 0 Å². The van der Waals surface area contributed by atoms with Crippen LogP contribution in [0.15, 0.2) is 0 Å². The van der Waals surface area contributed by atoms with Crippen LogP contribution in [0.3, 0.4) is 0 Å². The molecule has 0 saturated heterocycles. The lowest BCUT2D eigenvalue weighted by Crippen LogP contribution is -2.43. The van der Waals surface area contributed by atoms with Gasteiger partial charge < -0.3 is 20.4 Å². The minimum Gasteiger partial charge on any atom is -0.394 e. The molecule has 1 unspecified atom stereocenters. The molecule has 3 N–H and O–H groups in total. The van der Waals surface area contributed by atoms with Crippen LogP contribution >= 0.6 is 11.8 Å². The molecule has 0 aliphatic carbocycles. The number of thioether (sulfide) groups is 1. The van der Waals surface area contributed by atoms with Crippen molar-refractivity contribution >= 4 is 23.6 Å². The number of hydrogen-bond donors (Lipinski definition) is 3. The minimum absolute atomic E-state index is 0.0513. The number of carbonyl (C=O) groups excluding carboxylic acids is 2. The predicted octanol–water partition coefficient (Wildman–Crippen LogP) is -0.554. The van der Waals surface area contributed by atoms with Crippen molar-refractivity contribution in [2.24, 2.45) is 0 Å². The van der Waals surface area contributed by atoms with E-state index in [0.29, 0.717) is 12.3 Å². The molecule has 1 atom stereocenters. The van der Waals surface area contributed by atoms with Gasteiger partial charge in [0.1, 0.15) is 0 Å². The van der Waals surface area contributed by atoms with Gasteiger partial charge in [-0.05, 0) is 20.8 Å². The van der Waals surface area contributed by atoms with Gasteiger partial charge in [-0.1, -0.05) is 0 Å². The van der Waals surface area contributed by atoms with Gasteiger partial charge in [0.2, 0.25) is 11.8 Å². The second-order valence-electron chi connectivity index (χ2n) is 4.48. The largest absolute Gasteiger partial charge is 0.394 e. The van der Waals surface area contributed by atoms with Crippen LogP contribution in [0.25, 0.3) is 0 Å². The molecular formula is C12H24N2O4S. The van der Waals surface area contributed by atoms with E-state index in [-0.39, 0.29) is 36.8 Å². The number of nitrogens with one attached hydrogen (secondary N) is 1. The van der Waals surface area contributed by atoms with Crippen molar-refractivity contribution < 1.29 is 19.8 Å². The Morgan fingerprint density at radius 3 is 2.47 bits per heavy atom. The van der Waals surface area contributed by atoms with Gasteiger partial charge >= 0.3 is 0 Å². The lowest BCUT2D eigenvalue weighted by molar-refractivity contribution is -0.134. The highest BCUT2D eigenvalue weighted by atomic mass is 32.2. The van der Waals surface area contributed by atoms with Gasteiger partial charge in [0.15, 0.2) is 0 Å². The molecule has 0 aromatic heterocycles. The zero-order chi connectivity index (χ0) is 14.8. The molecule has 0 saturated carbocycles. The Balaban J connectivity index is 4.07. The second kappa shape index (κ2) is 10.1. The maximum absolute atomic E-state index is 11.8. The van der Waals surface area contributed by atoms with Crippen LogP contribution in [-0.2, 0) is 9.59 Å². The molecule has 0 heterocycles. The Kier molecular flexibility index (Phi) is 9.63. The molecule has 0 fully saturated rings. The standard InChI is InChI=1S/C12H24N2O4S/c1-4-14(5-11(17)13-9(2)3)12(18)8-19-7-10(16)6-15/h9-10,15-16H,4-8H2,1-3H3,(H,13,17). The number of likely N-dealkylation sites (N-methyl/N-ethyl adjacent to an activating group) is 1. The van der Waals surface area contributed by atoms with Crippen molar-refractivity contribution in [2.45, 2.75) is 32.9 Å². The van der Waals surface area contributed by atoms with Crippen molar-refractivity contribution in [2.75, 3.05) is 31.2 Å². The first-order valence-corrected chi connectivity index (χ1v) is 7.49. The molecule has 112 valence electrons. The Labute approximate surface area is 118 Å². The maximum atomic E-state index is 11.8. The lowest BCUT2D eigenvalue weighted by Gasteiger charge is -2.21. The molecule has 0 aliphatic rings. The molecule has 0 aliphatic heterocycles. The molecule has 7 heteroatoms. The van der Waals surface area contributed by atoms with Crippen LogP contribution < -0.4 is 5.32 Å². The number of rotatable bonds is 9. The molecular weight excluding hydrogens is 268 g/mol. The van der Waals surface area contributed by atoms with Crippen LogP contribution in [0.5, 0.6) is 0 Å². The van der Waals surface area contributed by atoms with Gasteiger partial charge in [-0.2, -0.15) is 0 Å². The molecule has 0 aromatic rings. The molecule has 2 amide bonds. The minimum atomic E-state index is -0.808. The van der Waals surface area contributed by atoms with E-state index in [4.69, 9.17) is 10.2 Å². The lowest BCUT2D eigenvalue weighted by atomic mass is 10.3. The van der Waals surface area contributed by atoms with Crippen molar-refractivity contribution in [3.8, 4) is 0 Å². The van der Waals surface area contributed by atoms with E-state index >= 15 is 0 Å². The Morgan fingerprint density at radius 1 is 1.37 bits per heavy atom. The first-order chi connectivity index (χ1) is 8.90. The third-order valence-electron chi connectivity index (χ3n) is 2.27. The van der Waals surface area contributed by atoms with Gasteiger partial charge in [0.25, 0.3) is 0 Å². The number of hydrogen-bond acceptors (Lipinski definition) is 5. The molecule has 0 bridgehead atoms. The van der Waals surface area contributed by atoms with Crippen LogP contribution in [0.2, 0.25) is 0 Å². The molecule has 0 radical (unpaired) electrons. The van der Waals surface area contributed by atoms with E-state index in [0.717, 1.165) is 0 Å². The highest BCUT2D eigenvalue weighted by molar-refractivity contribution is 7.99. The quantitative estimate of drug-likeness (QED) is 0.530. The molecule has 6 nitrogen and oxygen atoms in total. The molecule has 19 heavy (non-hydrogen) atoms. The first-order valence-electron chi connectivity index (χ1n) is 6.34. The van der Waals surface area contributed by atoms with Crippen molar-refractivity contribution in [3.63, 3.8) is 0 Å². The van der Waals surface area contributed by atoms with E-state index in [1.165, 1.54) is 16.7 Å². The summed E-state index contributed by atoms with van der Waals surface area (Å²) in [5.41, 5.74) is 0. The van der Waals surface area contributed by atoms with Gasteiger partial charge in [-0.15, -0.1) is 11.8 Å². The average Bonchev–Trinajstić information content (AvgIpc) is 2.34. The Morgan fingerprint density at radius 2 is 2.00 bits per heavy atom. The number of carbonyl (C=O) groups is 2. The molecule has 0 aromatic carbocycles. The van der Waals surface area contributed by atoms with E-state index in [9.17, 15) is 9.59 Å². The number of aliphatic hydroxyl groups is 2. The summed E-state index contributed by atoms with van der Waals surface area (Å²) in [7, 11) is 0. The summed E-state index contributed by atoms with van der Waals surface area (Å²) in [5.74, 6) is 0.180. The predicted molar refractivity (Wildman–Crippen MR) is 76.0 cm³/mol. The summed E-state index contributed by atoms with van der Waals surface area (Å²) >= 11 is 1.25. The topological polar surface area (TPSA) is 89.9 Å². The summed E-state index contributed by atoms with van der Waals surface area (Å²) in [6, 6.07) is 0.0513. The zero-order valence-electron chi connectivity index (χ0n) is 11.8. The number of amides is 2. The number of aliphatic hydroxyl groups excluding tert-OH is 2. The normalized spacial score (nSPS) is 12.3. The van der Waals surface area contributed by atoms with Crippen molar-refractivity contribution in [1.82, 2.24) is 10.2 Å². The fourth-order valence-corrected chi connectivity index (χ4v) is 2.20. The van der Waals surface area contributed by atoms with Crippen molar-refractivity contribution in [3.05, 3.63) is 0 Å². The van der Waals surface area contributed by atoms with E-state index in [1.807, 2.05) is 20.8 Å². The van der Waals surface area contributed by atoms with E-state index < -0.39 is 6.10 Å². The third-order valence-corrected chi connectivity index (χ3v) is 3.34. The highest BCUT2D eigenvalue weighted by Gasteiger charge is 2.16. The zero-order valence-corrected chi connectivity index (χ0v) is 12.6. The molecule has 0 spiro atoms. The SMILES string of the molecule is CCN(CC(=O)NC(C)C)C(=O)CSCC(O)CO. The summed E-state index contributed by atoms with van der Waals surface area (Å²) < 4.78 is 0. The molecule has 0 rings (SSSR count). The monoisotopic (exact) mass is 292 g/mol. The van der Waals surface area contributed by atoms with Gasteiger partial charge in [-0.3, -0.25) is 9.59 Å². The van der Waals surface area contributed by atoms with Crippen LogP contribution in [0, 0.1) is 0 Å². The average molecular weight is 292 g/mol. The smallest absolute Gasteiger partial charge is 0.239 e. The van der Waals surface area contributed by atoms with Gasteiger partial charge in [0, 0.05) is 18.3 Å². The maximum Gasteiger partial charge on any atom is 0.239 e. The third kappa shape index (κ3) is 8.85. The first kappa shape index (κ1) is 18.2. The highest BCUT2D eigenvalue weighted by Crippen LogP contribution is 2.05. The van der Waals surface area contributed by atoms with Crippen LogP contribution in [-0.4, -0.2) is 70.3 Å². The fraction of sp³-hybridized carbons (Fsp3) is 0.833. The summed E-state index contributed by atoms with van der Waals surface area (Å²) in [6.07, 6.45) is -0.808. The van der Waals surface area contributed by atoms with Gasteiger partial charge in [0.05, 0.1) is 25.0 Å². The second-order valence-corrected chi connectivity index (χ2v) is 5.51. The Hall–Kier alpha value is -0.790. The fourth-order valence-electron chi connectivity index (χ4n) is 1.34. The summed E-state index contributed by atoms with van der Waals surface area (Å²) in [4.78, 5) is 24.9. The van der Waals surface area contributed by atoms with Crippen LogP contribution in [0.1, 0.15) is 20.8 Å². The van der Waals surface area contributed by atoms with E-state index in [2.05, 4.69) is 5.32 Å². The Bertz CT molecular complexity index is 287. The number of nitrogens with zero attached hydrogens (tertiary/aromatic N) is 1. The van der Waals surface area contributed by atoms with E-state index in [1.54, 1.807) is 0 Å². The van der Waals surface area contributed by atoms with Crippen molar-refractivity contribution in [1.29, 1.82) is 0 Å². The summed E-state index contributed by atoms with van der Waals surface area (Å²) in [6.45, 7) is 5.75. The summed E-state index contributed by atoms with van der Waals surface area (Å²) in [5, 5.41) is 20.5.